The van der Waals surface area contributed by atoms with Gasteiger partial charge in [0, 0.05) is 16.3 Å². The molecule has 9 nitrogen and oxygen atoms in total. The van der Waals surface area contributed by atoms with Crippen molar-refractivity contribution in [3.8, 4) is 11.5 Å². The number of carbonyl (C=O) groups is 1. The van der Waals surface area contributed by atoms with E-state index in [0.717, 1.165) is 11.1 Å². The molecule has 0 spiro atoms. The van der Waals surface area contributed by atoms with E-state index in [9.17, 15) is 4.79 Å². The number of fused-ring (bicyclic) bond motifs is 1. The van der Waals surface area contributed by atoms with Gasteiger partial charge in [-0.3, -0.25) is 4.79 Å². The highest BCUT2D eigenvalue weighted by Gasteiger charge is 2.34. The predicted octanol–water partition coefficient (Wildman–Crippen LogP) is 4.84. The molecule has 0 saturated heterocycles. The number of para-hydroxylation sites is 2. The van der Waals surface area contributed by atoms with E-state index in [0.29, 0.717) is 46.0 Å². The highest BCUT2D eigenvalue weighted by molar-refractivity contribution is 6.31. The average molecular weight is 503 g/mol. The van der Waals surface area contributed by atoms with Gasteiger partial charge in [-0.1, -0.05) is 59.2 Å². The molecule has 3 aromatic carbocycles. The number of hydrogen-bond donors (Lipinski definition) is 2. The van der Waals surface area contributed by atoms with Gasteiger partial charge in [0.2, 0.25) is 5.95 Å². The highest BCUT2D eigenvalue weighted by atomic mass is 35.5. The molecular formula is C26H23ClN6O3. The maximum absolute atomic E-state index is 13.5. The zero-order chi connectivity index (χ0) is 25.1. The van der Waals surface area contributed by atoms with Crippen LogP contribution in [0, 0.1) is 0 Å². The third-order valence-corrected chi connectivity index (χ3v) is 6.23. The Balaban J connectivity index is 1.42. The Morgan fingerprint density at radius 3 is 2.61 bits per heavy atom. The Labute approximate surface area is 212 Å². The number of nitrogens with zero attached hydrogens (tertiary/aromatic N) is 4. The van der Waals surface area contributed by atoms with Crippen molar-refractivity contribution in [3.05, 3.63) is 100 Å². The number of benzene rings is 3. The van der Waals surface area contributed by atoms with Crippen LogP contribution in [0.25, 0.3) is 0 Å². The standard InChI is InChI=1S/C26H23ClN6O3/c1-16-23(25(34)29-21-9-5-6-10-22(21)35-2)24(33-26(28-16)30-31-32-33)17-11-13-19(14-12-17)36-15-18-7-3-4-8-20(18)27/h3-14,24H,15H2,1-2H3,(H,29,34)(H,28,30,32)/t24-/m0/s1. The molecule has 0 bridgehead atoms. The number of ether oxygens (including phenoxy) is 2. The van der Waals surface area contributed by atoms with Crippen LogP contribution in [0.2, 0.25) is 5.02 Å². The molecule has 1 amide bonds. The lowest BCUT2D eigenvalue weighted by Gasteiger charge is -2.28. The summed E-state index contributed by atoms with van der Waals surface area (Å²) in [6.45, 7) is 2.17. The minimum atomic E-state index is -0.552. The van der Waals surface area contributed by atoms with Crippen LogP contribution in [-0.2, 0) is 11.4 Å². The van der Waals surface area contributed by atoms with Gasteiger partial charge in [0.25, 0.3) is 5.91 Å². The molecule has 1 aliphatic heterocycles. The molecule has 0 aliphatic carbocycles. The number of hydrogen-bond acceptors (Lipinski definition) is 7. The van der Waals surface area contributed by atoms with Crippen LogP contribution in [0.5, 0.6) is 11.5 Å². The minimum Gasteiger partial charge on any atom is -0.495 e. The number of methoxy groups -OCH3 is 1. The summed E-state index contributed by atoms with van der Waals surface area (Å²) in [5.41, 5.74) is 3.41. The second-order valence-corrected chi connectivity index (χ2v) is 8.52. The first-order valence-corrected chi connectivity index (χ1v) is 11.6. The van der Waals surface area contributed by atoms with Gasteiger partial charge < -0.3 is 20.1 Å². The van der Waals surface area contributed by atoms with Crippen LogP contribution < -0.4 is 20.1 Å². The number of nitrogens with one attached hydrogen (secondary N) is 2. The van der Waals surface area contributed by atoms with E-state index in [2.05, 4.69) is 26.2 Å². The van der Waals surface area contributed by atoms with Crippen LogP contribution in [0.15, 0.2) is 84.1 Å². The van der Waals surface area contributed by atoms with Crippen molar-refractivity contribution in [2.45, 2.75) is 19.6 Å². The van der Waals surface area contributed by atoms with E-state index in [-0.39, 0.29) is 5.91 Å². The van der Waals surface area contributed by atoms with Gasteiger partial charge in [-0.15, -0.1) is 0 Å². The van der Waals surface area contributed by atoms with Crippen molar-refractivity contribution >= 4 is 29.1 Å². The normalized spacial score (nSPS) is 14.6. The number of carbonyl (C=O) groups excluding carboxylic acids is 1. The lowest BCUT2D eigenvalue weighted by Crippen LogP contribution is -2.31. The van der Waals surface area contributed by atoms with Crippen molar-refractivity contribution in [1.29, 1.82) is 0 Å². The van der Waals surface area contributed by atoms with Crippen molar-refractivity contribution in [2.75, 3.05) is 17.7 Å². The summed E-state index contributed by atoms with van der Waals surface area (Å²) in [6.07, 6.45) is 0. The average Bonchev–Trinajstić information content (AvgIpc) is 3.36. The van der Waals surface area contributed by atoms with Crippen LogP contribution >= 0.6 is 11.6 Å². The largest absolute Gasteiger partial charge is 0.495 e. The number of rotatable bonds is 7. The van der Waals surface area contributed by atoms with Gasteiger partial charge in [-0.2, -0.15) is 4.68 Å². The Hall–Kier alpha value is -4.37. The van der Waals surface area contributed by atoms with Gasteiger partial charge in [-0.05, 0) is 53.2 Å². The van der Waals surface area contributed by atoms with E-state index in [1.54, 1.807) is 23.9 Å². The first-order chi connectivity index (χ1) is 17.5. The first kappa shape index (κ1) is 23.4. The van der Waals surface area contributed by atoms with Gasteiger partial charge in [0.1, 0.15) is 24.1 Å². The molecule has 1 aromatic heterocycles. The molecule has 10 heteroatoms. The van der Waals surface area contributed by atoms with Crippen molar-refractivity contribution in [3.63, 3.8) is 0 Å². The molecule has 1 atom stereocenters. The Morgan fingerprint density at radius 2 is 1.83 bits per heavy atom. The zero-order valence-electron chi connectivity index (χ0n) is 19.6. The second-order valence-electron chi connectivity index (χ2n) is 8.12. The summed E-state index contributed by atoms with van der Waals surface area (Å²) in [5, 5.41) is 18.7. The summed E-state index contributed by atoms with van der Waals surface area (Å²) in [6, 6.07) is 21.7. The van der Waals surface area contributed by atoms with Crippen LogP contribution in [0.4, 0.5) is 11.6 Å². The van der Waals surface area contributed by atoms with Gasteiger partial charge in [-0.25, -0.2) is 0 Å². The first-order valence-electron chi connectivity index (χ1n) is 11.2. The molecular weight excluding hydrogens is 480 g/mol. The maximum atomic E-state index is 13.5. The zero-order valence-corrected chi connectivity index (χ0v) is 20.4. The third kappa shape index (κ3) is 4.60. The number of halogens is 1. The molecule has 0 saturated carbocycles. The van der Waals surface area contributed by atoms with Crippen LogP contribution in [0.3, 0.4) is 0 Å². The fourth-order valence-corrected chi connectivity index (χ4v) is 4.27. The smallest absolute Gasteiger partial charge is 0.255 e. The molecule has 36 heavy (non-hydrogen) atoms. The number of aromatic nitrogens is 4. The predicted molar refractivity (Wildman–Crippen MR) is 136 cm³/mol. The quantitative estimate of drug-likeness (QED) is 0.372. The number of allylic oxidation sites excluding steroid dienone is 1. The van der Waals surface area contributed by atoms with Crippen molar-refractivity contribution < 1.29 is 14.3 Å². The molecule has 2 N–H and O–H groups in total. The molecule has 4 aromatic rings. The summed E-state index contributed by atoms with van der Waals surface area (Å²) in [7, 11) is 1.56. The van der Waals surface area contributed by atoms with Crippen molar-refractivity contribution in [1.82, 2.24) is 20.2 Å². The summed E-state index contributed by atoms with van der Waals surface area (Å²) in [4.78, 5) is 13.5. The number of amides is 1. The number of tetrazole rings is 1. The number of anilines is 2. The van der Waals surface area contributed by atoms with Gasteiger partial charge >= 0.3 is 0 Å². The lowest BCUT2D eigenvalue weighted by molar-refractivity contribution is -0.113. The van der Waals surface area contributed by atoms with E-state index >= 15 is 0 Å². The monoisotopic (exact) mass is 502 g/mol. The second kappa shape index (κ2) is 10.1. The Kier molecular flexibility index (Phi) is 6.55. The van der Waals surface area contributed by atoms with Crippen LogP contribution in [0.1, 0.15) is 24.1 Å². The maximum Gasteiger partial charge on any atom is 0.255 e. The molecule has 1 aliphatic rings. The van der Waals surface area contributed by atoms with E-state index < -0.39 is 6.04 Å². The Morgan fingerprint density at radius 1 is 1.08 bits per heavy atom. The molecule has 2 heterocycles. The van der Waals surface area contributed by atoms with E-state index in [4.69, 9.17) is 21.1 Å². The summed E-state index contributed by atoms with van der Waals surface area (Å²) < 4.78 is 12.9. The lowest BCUT2D eigenvalue weighted by atomic mass is 9.95. The van der Waals surface area contributed by atoms with E-state index in [1.165, 1.54) is 0 Å². The van der Waals surface area contributed by atoms with E-state index in [1.807, 2.05) is 67.6 Å². The fourth-order valence-electron chi connectivity index (χ4n) is 4.08. The summed E-state index contributed by atoms with van der Waals surface area (Å²) >= 11 is 6.23. The fraction of sp³-hybridized carbons (Fsp3) is 0.154. The Bertz CT molecular complexity index is 1430. The SMILES string of the molecule is COc1ccccc1NC(=O)C1=C(C)Nc2nnnn2[C@H]1c1ccc(OCc2ccccc2Cl)cc1. The molecule has 0 unspecified atom stereocenters. The van der Waals surface area contributed by atoms with Gasteiger partial charge in [0.15, 0.2) is 0 Å². The topological polar surface area (TPSA) is 103 Å². The van der Waals surface area contributed by atoms with Gasteiger partial charge in [0.05, 0.1) is 18.4 Å². The van der Waals surface area contributed by atoms with Crippen LogP contribution in [-0.4, -0.2) is 33.2 Å². The summed E-state index contributed by atoms with van der Waals surface area (Å²) in [5.74, 6) is 1.39. The molecule has 0 fully saturated rings. The third-order valence-electron chi connectivity index (χ3n) is 5.86. The molecule has 5 rings (SSSR count). The minimum absolute atomic E-state index is 0.297. The highest BCUT2D eigenvalue weighted by Crippen LogP contribution is 2.36. The molecule has 182 valence electrons. The molecule has 0 radical (unpaired) electrons. The van der Waals surface area contributed by atoms with Crippen molar-refractivity contribution in [2.24, 2.45) is 0 Å².